The highest BCUT2D eigenvalue weighted by Crippen LogP contribution is 2.25. The number of ether oxygens (including phenoxy) is 1. The predicted octanol–water partition coefficient (Wildman–Crippen LogP) is 3.31. The van der Waals surface area contributed by atoms with Crippen molar-refractivity contribution in [1.29, 1.82) is 0 Å². The molecule has 1 heterocycles. The molecule has 4 nitrogen and oxygen atoms in total. The number of para-hydroxylation sites is 1. The number of piperidine rings is 1. The molecule has 0 saturated carbocycles. The van der Waals surface area contributed by atoms with Gasteiger partial charge in [0.15, 0.2) is 0 Å². The van der Waals surface area contributed by atoms with Gasteiger partial charge >= 0.3 is 0 Å². The fourth-order valence-corrected chi connectivity index (χ4v) is 4.52. The van der Waals surface area contributed by atoms with Crippen LogP contribution in [0.4, 0.5) is 4.39 Å². The summed E-state index contributed by atoms with van der Waals surface area (Å²) in [4.78, 5) is -0.255. The zero-order valence-electron chi connectivity index (χ0n) is 13.3. The summed E-state index contributed by atoms with van der Waals surface area (Å²) >= 11 is 0. The zero-order valence-corrected chi connectivity index (χ0v) is 14.1. The van der Waals surface area contributed by atoms with E-state index in [4.69, 9.17) is 4.74 Å². The molecule has 0 spiro atoms. The average molecular weight is 349 g/mol. The van der Waals surface area contributed by atoms with Gasteiger partial charge in [-0.05, 0) is 37.1 Å². The van der Waals surface area contributed by atoms with Crippen LogP contribution in [-0.4, -0.2) is 32.4 Å². The van der Waals surface area contributed by atoms with E-state index in [0.29, 0.717) is 19.7 Å². The van der Waals surface area contributed by atoms with E-state index in [-0.39, 0.29) is 10.8 Å². The summed E-state index contributed by atoms with van der Waals surface area (Å²) in [6.07, 6.45) is 1.65. The molecule has 1 aliphatic heterocycles. The number of hydrogen-bond donors (Lipinski definition) is 0. The number of rotatable bonds is 5. The van der Waals surface area contributed by atoms with Crippen LogP contribution in [0, 0.1) is 11.7 Å². The lowest BCUT2D eigenvalue weighted by Gasteiger charge is -2.31. The molecule has 1 saturated heterocycles. The Balaban J connectivity index is 1.68. The molecule has 2 aromatic carbocycles. The minimum absolute atomic E-state index is 0.0977. The molecule has 6 heteroatoms. The Hall–Kier alpha value is -1.92. The third-order valence-corrected chi connectivity index (χ3v) is 6.06. The molecule has 0 amide bonds. The predicted molar refractivity (Wildman–Crippen MR) is 89.8 cm³/mol. The minimum Gasteiger partial charge on any atom is -0.493 e. The first-order valence-corrected chi connectivity index (χ1v) is 9.44. The van der Waals surface area contributed by atoms with Crippen molar-refractivity contribution in [2.45, 2.75) is 17.7 Å². The highest BCUT2D eigenvalue weighted by atomic mass is 32.2. The number of halogens is 1. The van der Waals surface area contributed by atoms with Crippen LogP contribution in [0.1, 0.15) is 12.8 Å². The van der Waals surface area contributed by atoms with E-state index in [1.807, 2.05) is 30.3 Å². The van der Waals surface area contributed by atoms with Gasteiger partial charge in [0.1, 0.15) is 16.5 Å². The second kappa shape index (κ2) is 7.32. The van der Waals surface area contributed by atoms with Gasteiger partial charge in [0, 0.05) is 19.0 Å². The van der Waals surface area contributed by atoms with Crippen molar-refractivity contribution in [3.8, 4) is 5.75 Å². The maximum atomic E-state index is 13.9. The Morgan fingerprint density at radius 1 is 1.08 bits per heavy atom. The van der Waals surface area contributed by atoms with Crippen molar-refractivity contribution < 1.29 is 17.5 Å². The van der Waals surface area contributed by atoms with Crippen LogP contribution in [0.15, 0.2) is 59.5 Å². The summed E-state index contributed by atoms with van der Waals surface area (Å²) in [6.45, 7) is 1.22. The van der Waals surface area contributed by atoms with E-state index in [2.05, 4.69) is 0 Å². The summed E-state index contributed by atoms with van der Waals surface area (Å²) in [5, 5.41) is 0. The van der Waals surface area contributed by atoms with Gasteiger partial charge in [-0.25, -0.2) is 12.8 Å². The largest absolute Gasteiger partial charge is 0.493 e. The lowest BCUT2D eigenvalue weighted by atomic mass is 10.0. The molecule has 1 fully saturated rings. The van der Waals surface area contributed by atoms with Crippen molar-refractivity contribution in [3.63, 3.8) is 0 Å². The van der Waals surface area contributed by atoms with Crippen LogP contribution in [0.3, 0.4) is 0 Å². The van der Waals surface area contributed by atoms with E-state index in [1.165, 1.54) is 28.6 Å². The summed E-state index contributed by atoms with van der Waals surface area (Å²) < 4.78 is 46.3. The highest BCUT2D eigenvalue weighted by molar-refractivity contribution is 7.89. The van der Waals surface area contributed by atoms with E-state index in [1.54, 1.807) is 0 Å². The second-order valence-corrected chi connectivity index (χ2v) is 7.83. The molecular weight excluding hydrogens is 329 g/mol. The van der Waals surface area contributed by atoms with Gasteiger partial charge in [0.25, 0.3) is 0 Å². The average Bonchev–Trinajstić information content (AvgIpc) is 2.61. The van der Waals surface area contributed by atoms with E-state index >= 15 is 0 Å². The van der Waals surface area contributed by atoms with E-state index < -0.39 is 15.8 Å². The van der Waals surface area contributed by atoms with Crippen molar-refractivity contribution in [2.75, 3.05) is 19.7 Å². The Kier molecular flexibility index (Phi) is 5.16. The van der Waals surface area contributed by atoms with Crippen LogP contribution >= 0.6 is 0 Å². The smallest absolute Gasteiger partial charge is 0.245 e. The maximum absolute atomic E-state index is 13.9. The van der Waals surface area contributed by atoms with Crippen LogP contribution in [-0.2, 0) is 10.0 Å². The third-order valence-electron chi connectivity index (χ3n) is 4.17. The van der Waals surface area contributed by atoms with Crippen molar-refractivity contribution in [3.05, 3.63) is 60.4 Å². The Morgan fingerprint density at radius 3 is 2.54 bits per heavy atom. The molecule has 0 aliphatic carbocycles. The summed E-state index contributed by atoms with van der Waals surface area (Å²) in [5.41, 5.74) is 0. The molecule has 0 N–H and O–H groups in total. The lowest BCUT2D eigenvalue weighted by molar-refractivity contribution is 0.180. The first-order chi connectivity index (χ1) is 11.6. The quantitative estimate of drug-likeness (QED) is 0.832. The van der Waals surface area contributed by atoms with Gasteiger partial charge in [-0.2, -0.15) is 4.31 Å². The standard InChI is InChI=1S/C18H20FNO3S/c19-17-10-4-5-11-18(17)24(21,22)20-12-6-7-15(13-20)14-23-16-8-2-1-3-9-16/h1-5,8-11,15H,6-7,12-14H2. The topological polar surface area (TPSA) is 46.6 Å². The Bertz CT molecular complexity index is 780. The minimum atomic E-state index is -3.81. The molecule has 0 bridgehead atoms. The van der Waals surface area contributed by atoms with Gasteiger partial charge in [0.2, 0.25) is 10.0 Å². The molecule has 1 atom stereocenters. The molecule has 1 aliphatic rings. The van der Waals surface area contributed by atoms with Crippen LogP contribution in [0.2, 0.25) is 0 Å². The van der Waals surface area contributed by atoms with Gasteiger partial charge in [0.05, 0.1) is 6.61 Å². The first kappa shape index (κ1) is 16.9. The SMILES string of the molecule is O=S(=O)(c1ccccc1F)N1CCCC(COc2ccccc2)C1. The fourth-order valence-electron chi connectivity index (χ4n) is 2.91. The fraction of sp³-hybridized carbons (Fsp3) is 0.333. The lowest BCUT2D eigenvalue weighted by Crippen LogP contribution is -2.41. The molecule has 128 valence electrons. The van der Waals surface area contributed by atoms with Crippen molar-refractivity contribution in [1.82, 2.24) is 4.31 Å². The molecule has 0 radical (unpaired) electrons. The summed E-state index contributed by atoms with van der Waals surface area (Å²) in [5.74, 6) is 0.159. The summed E-state index contributed by atoms with van der Waals surface area (Å²) in [7, 11) is -3.81. The number of sulfonamides is 1. The van der Waals surface area contributed by atoms with E-state index in [0.717, 1.165) is 18.6 Å². The van der Waals surface area contributed by atoms with E-state index in [9.17, 15) is 12.8 Å². The highest BCUT2D eigenvalue weighted by Gasteiger charge is 2.32. The molecule has 3 rings (SSSR count). The van der Waals surface area contributed by atoms with Gasteiger partial charge in [-0.3, -0.25) is 0 Å². The number of benzene rings is 2. The molecule has 0 aromatic heterocycles. The van der Waals surface area contributed by atoms with Crippen LogP contribution in [0.5, 0.6) is 5.75 Å². The Labute approximate surface area is 141 Å². The molecular formula is C18H20FNO3S. The van der Waals surface area contributed by atoms with Crippen molar-refractivity contribution in [2.24, 2.45) is 5.92 Å². The van der Waals surface area contributed by atoms with Gasteiger partial charge < -0.3 is 4.74 Å². The van der Waals surface area contributed by atoms with Gasteiger partial charge in [-0.1, -0.05) is 30.3 Å². The number of hydrogen-bond acceptors (Lipinski definition) is 3. The molecule has 2 aromatic rings. The monoisotopic (exact) mass is 349 g/mol. The first-order valence-electron chi connectivity index (χ1n) is 8.00. The maximum Gasteiger partial charge on any atom is 0.245 e. The molecule has 24 heavy (non-hydrogen) atoms. The van der Waals surface area contributed by atoms with Gasteiger partial charge in [-0.15, -0.1) is 0 Å². The van der Waals surface area contributed by atoms with Crippen molar-refractivity contribution >= 4 is 10.0 Å². The second-order valence-electron chi connectivity index (χ2n) is 5.93. The van der Waals surface area contributed by atoms with Crippen LogP contribution in [0.25, 0.3) is 0 Å². The summed E-state index contributed by atoms with van der Waals surface area (Å²) in [6, 6.07) is 15.0. The zero-order chi connectivity index (χ0) is 17.0. The number of nitrogens with zero attached hydrogens (tertiary/aromatic N) is 1. The molecule has 1 unspecified atom stereocenters. The van der Waals surface area contributed by atoms with Crippen LogP contribution < -0.4 is 4.74 Å². The Morgan fingerprint density at radius 2 is 1.79 bits per heavy atom. The third kappa shape index (κ3) is 3.76. The normalized spacial score (nSPS) is 19.1.